The lowest BCUT2D eigenvalue weighted by Crippen LogP contribution is -2.67. The first-order valence-electron chi connectivity index (χ1n) is 20.9. The van der Waals surface area contributed by atoms with Gasteiger partial charge in [0.05, 0.1) is 54.4 Å². The van der Waals surface area contributed by atoms with E-state index in [4.69, 9.17) is 33.2 Å². The van der Waals surface area contributed by atoms with Gasteiger partial charge in [-0.05, 0) is 107 Å². The molecule has 7 fully saturated rings. The minimum absolute atomic E-state index is 0.0452. The zero-order valence-electron chi connectivity index (χ0n) is 32.9. The summed E-state index contributed by atoms with van der Waals surface area (Å²) in [5.41, 5.74) is -0.892. The number of fused-ring (bicyclic) bond motifs is 5. The summed E-state index contributed by atoms with van der Waals surface area (Å²) in [5, 5.41) is 66.9. The zero-order valence-corrected chi connectivity index (χ0v) is 32.9. The van der Waals surface area contributed by atoms with Crippen molar-refractivity contribution < 1.29 is 68.6 Å². The number of rotatable bonds is 7. The molecule has 55 heavy (non-hydrogen) atoms. The van der Waals surface area contributed by atoms with E-state index >= 15 is 0 Å². The SMILES string of the molecule is C[C@H]1O[C@@H](O[C@H]2[C@@H](O)C[C@@H](O[C@@H]3[C@@H](O)C[C@H](O[C@H]4CC[C@@]5(C)[C@@H](CC[C@@H]6[C@@H]5C[C@@H](O)[C@]5(C)[C@@H](C7=CC(=O)OC7)CC[C@]65O)C4)O[C@@H]3C)O[C@@H]2C)C[C@H](O)[C@@H]1O. The van der Waals surface area contributed by atoms with Crippen LogP contribution in [-0.2, 0) is 38.0 Å². The van der Waals surface area contributed by atoms with Crippen LogP contribution in [0.2, 0.25) is 0 Å². The van der Waals surface area contributed by atoms with Gasteiger partial charge in [-0.15, -0.1) is 0 Å². The van der Waals surface area contributed by atoms with Crippen LogP contribution >= 0.6 is 0 Å². The number of cyclic esters (lactones) is 1. The lowest BCUT2D eigenvalue weighted by Gasteiger charge is -2.65. The van der Waals surface area contributed by atoms with Gasteiger partial charge in [-0.1, -0.05) is 13.8 Å². The molecule has 0 unspecified atom stereocenters. The minimum Gasteiger partial charge on any atom is -0.458 e. The number of carbonyl (C=O) groups is 1. The van der Waals surface area contributed by atoms with E-state index in [2.05, 4.69) is 6.92 Å². The molecular formula is C41H64O14. The topological polar surface area (TPSA) is 203 Å². The summed E-state index contributed by atoms with van der Waals surface area (Å²) in [7, 11) is 0. The Hall–Kier alpha value is -1.27. The molecule has 21 atom stereocenters. The molecule has 0 bridgehead atoms. The third-order valence-corrected chi connectivity index (χ3v) is 16.0. The normalized spacial score (nSPS) is 55.5. The Kier molecular flexibility index (Phi) is 11.1. The lowest BCUT2D eigenvalue weighted by molar-refractivity contribution is -0.336. The van der Waals surface area contributed by atoms with Gasteiger partial charge < -0.3 is 63.8 Å². The Morgan fingerprint density at radius 2 is 1.29 bits per heavy atom. The van der Waals surface area contributed by atoms with Gasteiger partial charge >= 0.3 is 5.97 Å². The van der Waals surface area contributed by atoms with Gasteiger partial charge in [0.1, 0.15) is 24.9 Å². The molecule has 4 saturated carbocycles. The third kappa shape index (κ3) is 6.95. The van der Waals surface area contributed by atoms with Gasteiger partial charge in [0.15, 0.2) is 18.9 Å². The minimum atomic E-state index is -1.01. The Balaban J connectivity index is 0.837. The largest absolute Gasteiger partial charge is 0.458 e. The Bertz CT molecular complexity index is 1410. The molecule has 8 rings (SSSR count). The number of hydrogen-bond donors (Lipinski definition) is 6. The van der Waals surface area contributed by atoms with Crippen LogP contribution in [0.25, 0.3) is 0 Å². The van der Waals surface area contributed by atoms with Crippen molar-refractivity contribution in [3.8, 4) is 0 Å². The molecule has 3 saturated heterocycles. The van der Waals surface area contributed by atoms with Crippen molar-refractivity contribution in [1.82, 2.24) is 0 Å². The van der Waals surface area contributed by atoms with E-state index in [-0.39, 0.29) is 61.1 Å². The molecule has 8 aliphatic rings. The molecule has 0 radical (unpaired) electrons. The highest BCUT2D eigenvalue weighted by atomic mass is 16.7. The molecule has 0 aromatic rings. The van der Waals surface area contributed by atoms with Gasteiger partial charge in [0.2, 0.25) is 0 Å². The van der Waals surface area contributed by atoms with Crippen LogP contribution < -0.4 is 0 Å². The van der Waals surface area contributed by atoms with E-state index in [1.54, 1.807) is 19.9 Å². The molecule has 0 aromatic heterocycles. The second kappa shape index (κ2) is 15.1. The molecule has 14 nitrogen and oxygen atoms in total. The maximum Gasteiger partial charge on any atom is 0.331 e. The molecule has 4 heterocycles. The number of aliphatic hydroxyl groups excluding tert-OH is 5. The highest BCUT2D eigenvalue weighted by molar-refractivity contribution is 5.85. The van der Waals surface area contributed by atoms with E-state index < -0.39 is 90.9 Å². The summed E-state index contributed by atoms with van der Waals surface area (Å²) in [6.07, 6.45) is -1.51. The van der Waals surface area contributed by atoms with Crippen LogP contribution in [0.3, 0.4) is 0 Å². The summed E-state index contributed by atoms with van der Waals surface area (Å²) >= 11 is 0. The van der Waals surface area contributed by atoms with Crippen molar-refractivity contribution in [2.24, 2.45) is 34.5 Å². The fourth-order valence-electron chi connectivity index (χ4n) is 12.8. The van der Waals surface area contributed by atoms with E-state index in [9.17, 15) is 35.4 Å². The number of aliphatic hydroxyl groups is 6. The Morgan fingerprint density at radius 1 is 0.691 bits per heavy atom. The molecule has 0 amide bonds. The van der Waals surface area contributed by atoms with Gasteiger partial charge in [0, 0.05) is 30.8 Å². The Labute approximate surface area is 323 Å². The van der Waals surface area contributed by atoms with Crippen LogP contribution in [0, 0.1) is 34.5 Å². The second-order valence-electron chi connectivity index (χ2n) is 18.8. The molecule has 312 valence electrons. The van der Waals surface area contributed by atoms with Crippen molar-refractivity contribution in [1.29, 1.82) is 0 Å². The predicted octanol–water partition coefficient (Wildman–Crippen LogP) is 2.22. The second-order valence-corrected chi connectivity index (χ2v) is 18.8. The molecule has 0 aromatic carbocycles. The van der Waals surface area contributed by atoms with Crippen molar-refractivity contribution in [3.63, 3.8) is 0 Å². The number of carbonyl (C=O) groups excluding carboxylic acids is 1. The zero-order chi connectivity index (χ0) is 39.2. The monoisotopic (exact) mass is 780 g/mol. The van der Waals surface area contributed by atoms with Crippen LogP contribution in [0.5, 0.6) is 0 Å². The highest BCUT2D eigenvalue weighted by Gasteiger charge is 2.71. The summed E-state index contributed by atoms with van der Waals surface area (Å²) in [6, 6.07) is 0. The fraction of sp³-hybridized carbons (Fsp3) is 0.927. The van der Waals surface area contributed by atoms with Crippen LogP contribution in [0.4, 0.5) is 0 Å². The maximum atomic E-state index is 12.6. The summed E-state index contributed by atoms with van der Waals surface area (Å²) in [5.74, 6) is 0.204. The molecule has 4 aliphatic carbocycles. The summed E-state index contributed by atoms with van der Waals surface area (Å²) in [4.78, 5) is 11.9. The van der Waals surface area contributed by atoms with E-state index in [0.29, 0.717) is 18.8 Å². The van der Waals surface area contributed by atoms with Gasteiger partial charge in [-0.25, -0.2) is 4.79 Å². The van der Waals surface area contributed by atoms with Crippen LogP contribution in [0.1, 0.15) is 105 Å². The third-order valence-electron chi connectivity index (χ3n) is 16.0. The maximum absolute atomic E-state index is 12.6. The summed E-state index contributed by atoms with van der Waals surface area (Å²) in [6.45, 7) is 9.90. The molecule has 14 heteroatoms. The standard InChI is InChI=1S/C41H64O14/c1-19-36(47)28(42)15-34(50-19)54-38-21(3)52-35(17-30(38)44)55-37-20(2)51-33(16-29(37)43)53-24-8-10-39(4)23(13-24)6-7-26-27(39)14-31(45)40(5)25(9-11-41(26,40)48)22-12-32(46)49-18-22/h12,19-21,23-31,33-38,42-45,47-48H,6-11,13-18H2,1-5H3/t19-,20-,21-,23+,24+,25-,26-,27+,28+,29+,30+,31-,33+,34+,35-,36-,37+,38-,39+,40+,41+/m1/s1. The van der Waals surface area contributed by atoms with Crippen LogP contribution in [0.15, 0.2) is 11.6 Å². The van der Waals surface area contributed by atoms with Crippen molar-refractivity contribution in [3.05, 3.63) is 11.6 Å². The molecule has 0 spiro atoms. The smallest absolute Gasteiger partial charge is 0.331 e. The first kappa shape index (κ1) is 40.5. The van der Waals surface area contributed by atoms with E-state index in [1.165, 1.54) is 0 Å². The fourth-order valence-corrected chi connectivity index (χ4v) is 12.8. The Morgan fingerprint density at radius 3 is 1.87 bits per heavy atom. The molecule has 4 aliphatic heterocycles. The molecule has 6 N–H and O–H groups in total. The van der Waals surface area contributed by atoms with Crippen LogP contribution in [-0.4, -0.2) is 135 Å². The van der Waals surface area contributed by atoms with E-state index in [1.807, 2.05) is 13.8 Å². The first-order valence-corrected chi connectivity index (χ1v) is 20.9. The lowest BCUT2D eigenvalue weighted by atomic mass is 9.42. The summed E-state index contributed by atoms with van der Waals surface area (Å²) < 4.78 is 42.1. The first-order chi connectivity index (χ1) is 26.0. The number of esters is 1. The average molecular weight is 781 g/mol. The predicted molar refractivity (Wildman–Crippen MR) is 193 cm³/mol. The van der Waals surface area contributed by atoms with E-state index in [0.717, 1.165) is 44.1 Å². The van der Waals surface area contributed by atoms with Crippen molar-refractivity contribution >= 4 is 5.97 Å². The highest BCUT2D eigenvalue weighted by Crippen LogP contribution is 2.70. The van der Waals surface area contributed by atoms with Gasteiger partial charge in [0.25, 0.3) is 0 Å². The van der Waals surface area contributed by atoms with Gasteiger partial charge in [-0.3, -0.25) is 0 Å². The van der Waals surface area contributed by atoms with Crippen molar-refractivity contribution in [2.45, 2.75) is 197 Å². The number of ether oxygens (including phenoxy) is 7. The van der Waals surface area contributed by atoms with Gasteiger partial charge in [-0.2, -0.15) is 0 Å². The molecular weight excluding hydrogens is 716 g/mol. The van der Waals surface area contributed by atoms with Crippen molar-refractivity contribution in [2.75, 3.05) is 6.61 Å². The quantitative estimate of drug-likeness (QED) is 0.162. The number of hydrogen-bond acceptors (Lipinski definition) is 14. The average Bonchev–Trinajstić information content (AvgIpc) is 3.67.